The Labute approximate surface area is 136 Å². The number of aliphatic hydroxyl groups excluding tert-OH is 1. The van der Waals surface area contributed by atoms with Crippen molar-refractivity contribution in [3.8, 4) is 0 Å². The molecular weight excluding hydrogens is 298 g/mol. The first kappa shape index (κ1) is 16.7. The van der Waals surface area contributed by atoms with Crippen LogP contribution in [0.3, 0.4) is 0 Å². The van der Waals surface area contributed by atoms with Gasteiger partial charge in [0.15, 0.2) is 0 Å². The van der Waals surface area contributed by atoms with Crippen molar-refractivity contribution >= 4 is 11.8 Å². The highest BCUT2D eigenvalue weighted by molar-refractivity contribution is 5.89. The molecule has 3 aliphatic rings. The molecule has 3 rings (SSSR count). The third-order valence-electron chi connectivity index (χ3n) is 5.03. The molecule has 7 nitrogen and oxygen atoms in total. The fourth-order valence-corrected chi connectivity index (χ4v) is 3.59. The first-order chi connectivity index (χ1) is 11.1. The Hall–Kier alpha value is -1.18. The maximum atomic E-state index is 12.6. The predicted octanol–water partition coefficient (Wildman–Crippen LogP) is -0.661. The van der Waals surface area contributed by atoms with Gasteiger partial charge in [-0.05, 0) is 25.7 Å². The molecule has 2 N–H and O–H groups in total. The van der Waals surface area contributed by atoms with E-state index in [4.69, 9.17) is 4.74 Å². The zero-order valence-corrected chi connectivity index (χ0v) is 13.6. The van der Waals surface area contributed by atoms with Gasteiger partial charge in [-0.25, -0.2) is 0 Å². The van der Waals surface area contributed by atoms with Crippen LogP contribution in [-0.2, 0) is 14.3 Å². The van der Waals surface area contributed by atoms with Crippen molar-refractivity contribution in [2.24, 2.45) is 0 Å². The highest BCUT2D eigenvalue weighted by Crippen LogP contribution is 2.17. The number of hydrogen-bond acceptors (Lipinski definition) is 5. The summed E-state index contributed by atoms with van der Waals surface area (Å²) < 4.78 is 5.61. The summed E-state index contributed by atoms with van der Waals surface area (Å²) >= 11 is 0. The first-order valence-electron chi connectivity index (χ1n) is 8.73. The van der Waals surface area contributed by atoms with Crippen LogP contribution in [0, 0.1) is 0 Å². The van der Waals surface area contributed by atoms with E-state index in [9.17, 15) is 14.7 Å². The number of hydrogen-bond donors (Lipinski definition) is 2. The standard InChI is InChI=1S/C16H27N3O4/c20-12-3-6-18(7-4-12)15(21)10-14-16(22)19(8-5-17-14)11-13-2-1-9-23-13/h12-14,17,20H,1-11H2. The second-order valence-corrected chi connectivity index (χ2v) is 6.74. The minimum Gasteiger partial charge on any atom is -0.393 e. The fraction of sp³-hybridized carbons (Fsp3) is 0.875. The molecule has 0 aromatic rings. The number of ether oxygens (including phenoxy) is 1. The minimum absolute atomic E-state index is 0.00159. The van der Waals surface area contributed by atoms with E-state index in [-0.39, 0.29) is 30.4 Å². The topological polar surface area (TPSA) is 82.1 Å². The van der Waals surface area contributed by atoms with Gasteiger partial charge in [-0.2, -0.15) is 0 Å². The molecule has 3 saturated heterocycles. The van der Waals surface area contributed by atoms with Crippen LogP contribution < -0.4 is 5.32 Å². The Bertz CT molecular complexity index is 431. The van der Waals surface area contributed by atoms with E-state index in [1.165, 1.54) is 0 Å². The highest BCUT2D eigenvalue weighted by atomic mass is 16.5. The van der Waals surface area contributed by atoms with Gasteiger partial charge in [-0.3, -0.25) is 9.59 Å². The molecule has 0 aromatic carbocycles. The van der Waals surface area contributed by atoms with E-state index < -0.39 is 6.04 Å². The average Bonchev–Trinajstić information content (AvgIpc) is 3.05. The van der Waals surface area contributed by atoms with Crippen LogP contribution in [0.25, 0.3) is 0 Å². The second-order valence-electron chi connectivity index (χ2n) is 6.74. The van der Waals surface area contributed by atoms with Crippen molar-refractivity contribution in [3.05, 3.63) is 0 Å². The van der Waals surface area contributed by atoms with Crippen molar-refractivity contribution < 1.29 is 19.4 Å². The predicted molar refractivity (Wildman–Crippen MR) is 83.8 cm³/mol. The Morgan fingerprint density at radius 2 is 2.04 bits per heavy atom. The first-order valence-corrected chi connectivity index (χ1v) is 8.73. The lowest BCUT2D eigenvalue weighted by Crippen LogP contribution is -2.58. The van der Waals surface area contributed by atoms with Crippen LogP contribution in [-0.4, -0.2) is 84.3 Å². The van der Waals surface area contributed by atoms with E-state index >= 15 is 0 Å². The van der Waals surface area contributed by atoms with Crippen molar-refractivity contribution in [1.29, 1.82) is 0 Å². The van der Waals surface area contributed by atoms with Gasteiger partial charge in [0.2, 0.25) is 11.8 Å². The summed E-state index contributed by atoms with van der Waals surface area (Å²) in [6.45, 7) is 3.99. The van der Waals surface area contributed by atoms with Crippen molar-refractivity contribution in [3.63, 3.8) is 0 Å². The molecule has 0 aliphatic carbocycles. The lowest BCUT2D eigenvalue weighted by molar-refractivity contribution is -0.142. The van der Waals surface area contributed by atoms with E-state index in [2.05, 4.69) is 5.32 Å². The SMILES string of the molecule is O=C(CC1NCCN(CC2CCCO2)C1=O)N1CCC(O)CC1. The Kier molecular flexibility index (Phi) is 5.50. The smallest absolute Gasteiger partial charge is 0.240 e. The number of piperazine rings is 1. The highest BCUT2D eigenvalue weighted by Gasteiger charge is 2.33. The number of carbonyl (C=O) groups excluding carboxylic acids is 2. The van der Waals surface area contributed by atoms with Crippen LogP contribution in [0.5, 0.6) is 0 Å². The molecule has 3 aliphatic heterocycles. The average molecular weight is 325 g/mol. The molecule has 3 heterocycles. The molecular formula is C16H27N3O4. The van der Waals surface area contributed by atoms with E-state index in [1.54, 1.807) is 4.90 Å². The molecule has 0 saturated carbocycles. The summed E-state index contributed by atoms with van der Waals surface area (Å²) in [6, 6.07) is -0.426. The third kappa shape index (κ3) is 4.22. The van der Waals surface area contributed by atoms with E-state index in [1.807, 2.05) is 4.90 Å². The zero-order chi connectivity index (χ0) is 16.2. The van der Waals surface area contributed by atoms with Gasteiger partial charge in [0.1, 0.15) is 0 Å². The number of piperidine rings is 1. The molecule has 130 valence electrons. The summed E-state index contributed by atoms with van der Waals surface area (Å²) in [4.78, 5) is 28.6. The number of aliphatic hydroxyl groups is 1. The number of nitrogens with zero attached hydrogens (tertiary/aromatic N) is 2. The third-order valence-corrected chi connectivity index (χ3v) is 5.03. The zero-order valence-electron chi connectivity index (χ0n) is 13.6. The summed E-state index contributed by atoms with van der Waals surface area (Å²) in [5.41, 5.74) is 0. The number of rotatable bonds is 4. The molecule has 0 spiro atoms. The largest absolute Gasteiger partial charge is 0.393 e. The number of carbonyl (C=O) groups is 2. The lowest BCUT2D eigenvalue weighted by atomic mass is 10.0. The van der Waals surface area contributed by atoms with Gasteiger partial charge >= 0.3 is 0 Å². The Morgan fingerprint density at radius 3 is 2.74 bits per heavy atom. The fourth-order valence-electron chi connectivity index (χ4n) is 3.59. The Morgan fingerprint density at radius 1 is 1.26 bits per heavy atom. The second kappa shape index (κ2) is 7.59. The maximum Gasteiger partial charge on any atom is 0.240 e. The number of nitrogens with one attached hydrogen (secondary N) is 1. The molecule has 2 atom stereocenters. The molecule has 7 heteroatoms. The van der Waals surface area contributed by atoms with Crippen molar-refractivity contribution in [2.75, 3.05) is 39.3 Å². The molecule has 0 radical (unpaired) electrons. The maximum absolute atomic E-state index is 12.6. The van der Waals surface area contributed by atoms with Gasteiger partial charge in [0, 0.05) is 39.3 Å². The summed E-state index contributed by atoms with van der Waals surface area (Å²) in [6.07, 6.45) is 3.39. The van der Waals surface area contributed by atoms with Gasteiger partial charge in [0.25, 0.3) is 0 Å². The minimum atomic E-state index is -0.426. The number of likely N-dealkylation sites (tertiary alicyclic amines) is 1. The quantitative estimate of drug-likeness (QED) is 0.717. The number of amides is 2. The normalized spacial score (nSPS) is 30.0. The van der Waals surface area contributed by atoms with Gasteiger partial charge in [0.05, 0.1) is 24.7 Å². The molecule has 0 aromatic heterocycles. The molecule has 23 heavy (non-hydrogen) atoms. The molecule has 2 amide bonds. The van der Waals surface area contributed by atoms with E-state index in [0.29, 0.717) is 39.0 Å². The molecule has 0 bridgehead atoms. The van der Waals surface area contributed by atoms with Gasteiger partial charge < -0.3 is 25.0 Å². The molecule has 2 unspecified atom stereocenters. The van der Waals surface area contributed by atoms with Gasteiger partial charge in [-0.1, -0.05) is 0 Å². The van der Waals surface area contributed by atoms with Crippen LogP contribution in [0.1, 0.15) is 32.1 Å². The summed E-state index contributed by atoms with van der Waals surface area (Å²) in [5, 5.41) is 12.7. The van der Waals surface area contributed by atoms with Crippen LogP contribution in [0.4, 0.5) is 0 Å². The van der Waals surface area contributed by atoms with Crippen LogP contribution in [0.2, 0.25) is 0 Å². The van der Waals surface area contributed by atoms with Gasteiger partial charge in [-0.15, -0.1) is 0 Å². The van der Waals surface area contributed by atoms with E-state index in [0.717, 1.165) is 26.0 Å². The molecule has 3 fully saturated rings. The summed E-state index contributed by atoms with van der Waals surface area (Å²) in [5.74, 6) is 0.0128. The van der Waals surface area contributed by atoms with Crippen LogP contribution in [0.15, 0.2) is 0 Å². The van der Waals surface area contributed by atoms with Crippen molar-refractivity contribution in [2.45, 2.75) is 50.4 Å². The van der Waals surface area contributed by atoms with Crippen LogP contribution >= 0.6 is 0 Å². The van der Waals surface area contributed by atoms with Crippen molar-refractivity contribution in [1.82, 2.24) is 15.1 Å². The monoisotopic (exact) mass is 325 g/mol. The summed E-state index contributed by atoms with van der Waals surface area (Å²) in [7, 11) is 0. The lowest BCUT2D eigenvalue weighted by Gasteiger charge is -2.36. The Balaban J connectivity index is 1.50.